The number of carbonyl (C=O) groups is 2. The molecule has 2 aliphatic heterocycles. The third-order valence-corrected chi connectivity index (χ3v) is 5.45. The van der Waals surface area contributed by atoms with Crippen LogP contribution in [0.5, 0.6) is 0 Å². The maximum absolute atomic E-state index is 12.8. The van der Waals surface area contributed by atoms with Gasteiger partial charge in [-0.3, -0.25) is 9.59 Å². The first-order valence-electron chi connectivity index (χ1n) is 8.12. The van der Waals surface area contributed by atoms with E-state index in [0.717, 1.165) is 36.8 Å². The summed E-state index contributed by atoms with van der Waals surface area (Å²) in [4.78, 5) is 28.8. The number of fused-ring (bicyclic) bond motifs is 1. The molecule has 3 heterocycles. The van der Waals surface area contributed by atoms with Crippen molar-refractivity contribution in [2.45, 2.75) is 19.3 Å². The Hall–Kier alpha value is -2.30. The number of rotatable bonds is 1. The molecule has 5 nitrogen and oxygen atoms in total. The maximum atomic E-state index is 12.8. The van der Waals surface area contributed by atoms with Gasteiger partial charge in [0.25, 0.3) is 5.91 Å². The number of likely N-dealkylation sites (tertiary alicyclic amines) is 2. The molecule has 1 aromatic carbocycles. The van der Waals surface area contributed by atoms with E-state index < -0.39 is 0 Å². The first kappa shape index (κ1) is 14.3. The van der Waals surface area contributed by atoms with Crippen molar-refractivity contribution >= 4 is 22.8 Å². The lowest BCUT2D eigenvalue weighted by Crippen LogP contribution is -2.46. The molecule has 2 fully saturated rings. The van der Waals surface area contributed by atoms with Gasteiger partial charge in [-0.25, -0.2) is 0 Å². The van der Waals surface area contributed by atoms with Gasteiger partial charge in [-0.15, -0.1) is 0 Å². The summed E-state index contributed by atoms with van der Waals surface area (Å²) >= 11 is 0. The quantitative estimate of drug-likeness (QED) is 0.813. The Balaban J connectivity index is 1.52. The lowest BCUT2D eigenvalue weighted by atomic mass is 9.77. The number of nitrogens with zero attached hydrogens (tertiary/aromatic N) is 2. The van der Waals surface area contributed by atoms with Crippen LogP contribution in [0.1, 0.15) is 29.6 Å². The molecule has 2 saturated heterocycles. The highest BCUT2D eigenvalue weighted by Crippen LogP contribution is 2.41. The smallest absolute Gasteiger partial charge is 0.257 e. The Bertz CT molecular complexity index is 771. The van der Waals surface area contributed by atoms with Crippen molar-refractivity contribution < 1.29 is 14.0 Å². The molecule has 4 rings (SSSR count). The lowest BCUT2D eigenvalue weighted by molar-refractivity contribution is -0.137. The van der Waals surface area contributed by atoms with E-state index in [4.69, 9.17) is 4.42 Å². The third-order valence-electron chi connectivity index (χ3n) is 5.45. The molecule has 0 saturated carbocycles. The van der Waals surface area contributed by atoms with Crippen LogP contribution >= 0.6 is 0 Å². The zero-order valence-electron chi connectivity index (χ0n) is 13.2. The molecule has 0 atom stereocenters. The van der Waals surface area contributed by atoms with E-state index in [-0.39, 0.29) is 17.2 Å². The molecule has 0 N–H and O–H groups in total. The fourth-order valence-electron chi connectivity index (χ4n) is 3.91. The number of benzene rings is 1. The molecule has 0 aliphatic carbocycles. The van der Waals surface area contributed by atoms with E-state index >= 15 is 0 Å². The molecule has 0 radical (unpaired) electrons. The summed E-state index contributed by atoms with van der Waals surface area (Å²) < 4.78 is 5.48. The molecule has 120 valence electrons. The number of piperidine rings is 1. The second kappa shape index (κ2) is 5.11. The highest BCUT2D eigenvalue weighted by Gasteiger charge is 2.47. The van der Waals surface area contributed by atoms with Crippen molar-refractivity contribution in [1.82, 2.24) is 9.80 Å². The van der Waals surface area contributed by atoms with Gasteiger partial charge < -0.3 is 14.2 Å². The van der Waals surface area contributed by atoms with Crippen molar-refractivity contribution in [2.75, 3.05) is 26.7 Å². The third kappa shape index (κ3) is 2.14. The Morgan fingerprint density at radius 3 is 2.52 bits per heavy atom. The van der Waals surface area contributed by atoms with E-state index in [1.165, 1.54) is 0 Å². The minimum atomic E-state index is -0.232. The van der Waals surface area contributed by atoms with Crippen LogP contribution in [0.2, 0.25) is 0 Å². The zero-order valence-corrected chi connectivity index (χ0v) is 13.2. The average molecular weight is 312 g/mol. The second-order valence-electron chi connectivity index (χ2n) is 6.69. The van der Waals surface area contributed by atoms with Crippen LogP contribution in [0, 0.1) is 5.41 Å². The van der Waals surface area contributed by atoms with E-state index in [2.05, 4.69) is 0 Å². The second-order valence-corrected chi connectivity index (χ2v) is 6.69. The van der Waals surface area contributed by atoms with Crippen LogP contribution in [-0.2, 0) is 4.79 Å². The average Bonchev–Trinajstić information content (AvgIpc) is 3.13. The van der Waals surface area contributed by atoms with Gasteiger partial charge in [0.2, 0.25) is 5.91 Å². The number of carbonyl (C=O) groups excluding carboxylic acids is 2. The first-order chi connectivity index (χ1) is 11.1. The Labute approximate surface area is 134 Å². The Morgan fingerprint density at radius 1 is 1.13 bits per heavy atom. The van der Waals surface area contributed by atoms with Gasteiger partial charge in [0.05, 0.1) is 11.0 Å². The van der Waals surface area contributed by atoms with Gasteiger partial charge in [0, 0.05) is 32.1 Å². The molecule has 2 aliphatic rings. The predicted octanol–water partition coefficient (Wildman–Crippen LogP) is 2.52. The molecule has 5 heteroatoms. The highest BCUT2D eigenvalue weighted by atomic mass is 16.3. The first-order valence-corrected chi connectivity index (χ1v) is 8.12. The van der Waals surface area contributed by atoms with E-state index in [1.54, 1.807) is 6.26 Å². The molecule has 0 unspecified atom stereocenters. The van der Waals surface area contributed by atoms with Crippen molar-refractivity contribution in [3.8, 4) is 0 Å². The molecule has 1 aromatic heterocycles. The highest BCUT2D eigenvalue weighted by molar-refractivity contribution is 6.06. The topological polar surface area (TPSA) is 53.8 Å². The minimum Gasteiger partial charge on any atom is -0.463 e. The largest absolute Gasteiger partial charge is 0.463 e. The molecule has 2 aromatic rings. The van der Waals surface area contributed by atoms with Crippen LogP contribution in [0.25, 0.3) is 11.0 Å². The fraction of sp³-hybridized carbons (Fsp3) is 0.444. The summed E-state index contributed by atoms with van der Waals surface area (Å²) in [6.07, 6.45) is 3.99. The Kier molecular flexibility index (Phi) is 3.18. The van der Waals surface area contributed by atoms with Gasteiger partial charge in [-0.05, 0) is 25.3 Å². The molecule has 1 spiro atoms. The van der Waals surface area contributed by atoms with Gasteiger partial charge in [0.15, 0.2) is 0 Å². The van der Waals surface area contributed by atoms with Gasteiger partial charge in [-0.1, -0.05) is 18.2 Å². The fourth-order valence-corrected chi connectivity index (χ4v) is 3.91. The van der Waals surface area contributed by atoms with E-state index in [9.17, 15) is 9.59 Å². The number of furan rings is 1. The van der Waals surface area contributed by atoms with Crippen LogP contribution in [0.15, 0.2) is 34.9 Å². The number of para-hydroxylation sites is 1. The maximum Gasteiger partial charge on any atom is 0.257 e. The van der Waals surface area contributed by atoms with Gasteiger partial charge in [-0.2, -0.15) is 0 Å². The van der Waals surface area contributed by atoms with Crippen LogP contribution in [0.4, 0.5) is 0 Å². The summed E-state index contributed by atoms with van der Waals surface area (Å²) in [5.74, 6) is 0.252. The summed E-state index contributed by atoms with van der Waals surface area (Å²) in [6, 6.07) is 7.58. The van der Waals surface area contributed by atoms with Gasteiger partial charge in [0.1, 0.15) is 11.8 Å². The number of hydrogen-bond donors (Lipinski definition) is 0. The molecule has 0 bridgehead atoms. The number of amides is 2. The van der Waals surface area contributed by atoms with Crippen LogP contribution in [-0.4, -0.2) is 48.3 Å². The van der Waals surface area contributed by atoms with Crippen molar-refractivity contribution in [1.29, 1.82) is 0 Å². The summed E-state index contributed by atoms with van der Waals surface area (Å²) in [7, 11) is 1.87. The predicted molar refractivity (Wildman–Crippen MR) is 86.0 cm³/mol. The summed E-state index contributed by atoms with van der Waals surface area (Å²) in [5, 5.41) is 0.856. The zero-order chi connectivity index (χ0) is 16.0. The van der Waals surface area contributed by atoms with Gasteiger partial charge >= 0.3 is 0 Å². The summed E-state index contributed by atoms with van der Waals surface area (Å²) in [5.41, 5.74) is 1.12. The molecular weight excluding hydrogens is 292 g/mol. The number of hydrogen-bond acceptors (Lipinski definition) is 3. The van der Waals surface area contributed by atoms with Crippen molar-refractivity contribution in [2.24, 2.45) is 5.41 Å². The monoisotopic (exact) mass is 312 g/mol. The minimum absolute atomic E-state index is 0.00333. The summed E-state index contributed by atoms with van der Waals surface area (Å²) in [6.45, 7) is 2.11. The van der Waals surface area contributed by atoms with E-state index in [1.807, 2.05) is 41.1 Å². The van der Waals surface area contributed by atoms with E-state index in [0.29, 0.717) is 18.7 Å². The van der Waals surface area contributed by atoms with Crippen molar-refractivity contribution in [3.63, 3.8) is 0 Å². The molecule has 23 heavy (non-hydrogen) atoms. The normalized spacial score (nSPS) is 20.7. The standard InChI is InChI=1S/C18H20N2O3/c1-19-9-6-18(17(19)22)7-10-20(11-8-18)16(21)14-12-23-15-5-3-2-4-13(14)15/h2-5,12H,6-11H2,1H3. The SMILES string of the molecule is CN1CCC2(CCN(C(=O)c3coc4ccccc34)CC2)C1=O. The van der Waals surface area contributed by atoms with Crippen molar-refractivity contribution in [3.05, 3.63) is 36.1 Å². The van der Waals surface area contributed by atoms with Crippen LogP contribution in [0.3, 0.4) is 0 Å². The Morgan fingerprint density at radius 2 is 1.83 bits per heavy atom. The molecular formula is C18H20N2O3. The van der Waals surface area contributed by atoms with Crippen LogP contribution < -0.4 is 0 Å². The lowest BCUT2D eigenvalue weighted by Gasteiger charge is -2.37. The molecule has 2 amide bonds.